The number of carbonyl (C=O) groups excluding carboxylic acids is 5. The van der Waals surface area contributed by atoms with E-state index in [2.05, 4.69) is 20.8 Å². The second-order valence-corrected chi connectivity index (χ2v) is 21.1. The fourth-order valence-electron chi connectivity index (χ4n) is 10.6. The average Bonchev–Trinajstić information content (AvgIpc) is 4.33. The highest BCUT2D eigenvalue weighted by molar-refractivity contribution is 5.99. The molecular formula is C61H73F2N9O5. The van der Waals surface area contributed by atoms with Crippen LogP contribution in [0.4, 0.5) is 8.78 Å². The van der Waals surface area contributed by atoms with Gasteiger partial charge in [-0.25, -0.2) is 18.1 Å². The lowest BCUT2D eigenvalue weighted by atomic mass is 10.0. The quantitative estimate of drug-likeness (QED) is 0.0803. The molecule has 4 aromatic carbocycles. The van der Waals surface area contributed by atoms with E-state index in [4.69, 9.17) is 5.73 Å². The van der Waals surface area contributed by atoms with Gasteiger partial charge in [-0.15, -0.1) is 0 Å². The molecule has 4 N–H and O–H groups in total. The van der Waals surface area contributed by atoms with Crippen LogP contribution in [0.2, 0.25) is 0 Å². The third-order valence-corrected chi connectivity index (χ3v) is 15.1. The molecule has 4 fully saturated rings. The van der Waals surface area contributed by atoms with Gasteiger partial charge >= 0.3 is 0 Å². The van der Waals surface area contributed by atoms with E-state index < -0.39 is 12.1 Å². The summed E-state index contributed by atoms with van der Waals surface area (Å²) in [4.78, 5) is 66.6. The summed E-state index contributed by atoms with van der Waals surface area (Å²) in [5.74, 6) is 0.391. The summed E-state index contributed by atoms with van der Waals surface area (Å²) in [6, 6.07) is 30.7. The maximum Gasteiger partial charge on any atom is 0.251 e. The Kier molecular flexibility index (Phi) is 19.0. The monoisotopic (exact) mass is 1050 g/mol. The van der Waals surface area contributed by atoms with Gasteiger partial charge in [0, 0.05) is 67.1 Å². The van der Waals surface area contributed by atoms with Crippen molar-refractivity contribution in [2.45, 2.75) is 135 Å². The van der Waals surface area contributed by atoms with Gasteiger partial charge in [0.25, 0.3) is 11.8 Å². The van der Waals surface area contributed by atoms with Crippen LogP contribution in [0, 0.1) is 45.2 Å². The first kappa shape index (κ1) is 55.9. The van der Waals surface area contributed by atoms with Gasteiger partial charge in [0.15, 0.2) is 0 Å². The van der Waals surface area contributed by atoms with Crippen LogP contribution in [-0.2, 0) is 14.4 Å². The van der Waals surface area contributed by atoms with E-state index in [-0.39, 0.29) is 41.7 Å². The highest BCUT2D eigenvalue weighted by atomic mass is 19.1. The number of hydrogen-bond donors (Lipinski definition) is 3. The van der Waals surface area contributed by atoms with Gasteiger partial charge in [0.1, 0.15) is 30.0 Å². The van der Waals surface area contributed by atoms with Gasteiger partial charge in [0.05, 0.1) is 22.8 Å². The predicted molar refractivity (Wildman–Crippen MR) is 293 cm³/mol. The first-order chi connectivity index (χ1) is 37.1. The van der Waals surface area contributed by atoms with E-state index in [1.165, 1.54) is 35.4 Å². The zero-order valence-corrected chi connectivity index (χ0v) is 44.8. The molecular weight excluding hydrogens is 977 g/mol. The Morgan fingerprint density at radius 3 is 1.42 bits per heavy atom. The fraction of sp³-hybridized carbons (Fsp3) is 0.426. The number of piperidine rings is 2. The average molecular weight is 1050 g/mol. The van der Waals surface area contributed by atoms with Crippen molar-refractivity contribution in [3.8, 4) is 11.4 Å². The van der Waals surface area contributed by atoms with E-state index in [9.17, 15) is 32.8 Å². The Balaban J connectivity index is 0.000000175. The topological polar surface area (TPSA) is 178 Å². The smallest absolute Gasteiger partial charge is 0.251 e. The van der Waals surface area contributed by atoms with Crippen LogP contribution >= 0.6 is 0 Å². The molecule has 0 bridgehead atoms. The number of aryl methyl sites for hydroxylation is 4. The van der Waals surface area contributed by atoms with Crippen molar-refractivity contribution in [2.75, 3.05) is 26.2 Å². The molecule has 4 heterocycles. The number of aldehydes is 1. The lowest BCUT2D eigenvalue weighted by Crippen LogP contribution is -2.50. The largest absolute Gasteiger partial charge is 0.341 e. The third-order valence-electron chi connectivity index (χ3n) is 15.1. The van der Waals surface area contributed by atoms with Crippen molar-refractivity contribution in [2.24, 2.45) is 11.7 Å². The fourth-order valence-corrected chi connectivity index (χ4v) is 10.6. The Morgan fingerprint density at radius 2 is 1.01 bits per heavy atom. The summed E-state index contributed by atoms with van der Waals surface area (Å²) in [6.45, 7) is 10.7. The molecule has 10 rings (SSSR count). The standard InChI is InChI=1S/C31H37FN4O2.C21H26N4O3.C9H10FN/c1-21-19-22(2)36(34-21)27-15-11-24(12-16-27)30(37)33-29(31(38)35-17-4-3-5-18-35)8-6-7-25-20-28(25)23-9-13-26(32)14-10-23;1-15-14-16(2)25(23-15)18-8-6-17(7-9-18)20(27)22-19(10-13-26)21(28)24-11-4-3-5-12-24;10-7-3-1-6(2-4-7)8-5-9(8)11/h9-16,19,25,28-29H,3-8,17-18,20H2,1-2H3,(H,33,37);6-9,13-14,19H,3-5,10-12H2,1-2H3,(H,22,27);1-4,8-9H,5,11H2/t25-,28+,29+;19-;8-,9+/m100/s1. The Morgan fingerprint density at radius 1 is 0.597 bits per heavy atom. The zero-order valence-electron chi connectivity index (χ0n) is 44.8. The van der Waals surface area contributed by atoms with E-state index in [1.54, 1.807) is 29.2 Å². The van der Waals surface area contributed by atoms with Crippen LogP contribution < -0.4 is 16.4 Å². The van der Waals surface area contributed by atoms with Crippen molar-refractivity contribution in [1.29, 1.82) is 0 Å². The number of hydrogen-bond acceptors (Lipinski definition) is 8. The molecule has 0 unspecified atom stereocenters. The first-order valence-electron chi connectivity index (χ1n) is 27.3. The lowest BCUT2D eigenvalue weighted by molar-refractivity contribution is -0.135. The van der Waals surface area contributed by atoms with Crippen LogP contribution in [-0.4, -0.2) is 104 Å². The Bertz CT molecular complexity index is 2950. The van der Waals surface area contributed by atoms with Gasteiger partial charge in [0.2, 0.25) is 11.8 Å². The Labute approximate surface area is 450 Å². The summed E-state index contributed by atoms with van der Waals surface area (Å²) in [6.07, 6.45) is 11.5. The van der Waals surface area contributed by atoms with Crippen molar-refractivity contribution in [1.82, 2.24) is 40.0 Å². The molecule has 2 aliphatic carbocycles. The van der Waals surface area contributed by atoms with Crippen LogP contribution in [0.3, 0.4) is 0 Å². The number of amides is 4. The van der Waals surface area contributed by atoms with Crippen molar-refractivity contribution in [3.05, 3.63) is 166 Å². The number of aromatic nitrogens is 4. The van der Waals surface area contributed by atoms with Crippen LogP contribution in [0.25, 0.3) is 11.4 Å². The second kappa shape index (κ2) is 26.1. The minimum atomic E-state index is -0.821. The summed E-state index contributed by atoms with van der Waals surface area (Å²) >= 11 is 0. The molecule has 6 aromatic rings. The maximum absolute atomic E-state index is 13.4. The molecule has 2 saturated carbocycles. The molecule has 77 heavy (non-hydrogen) atoms. The van der Waals surface area contributed by atoms with E-state index in [0.29, 0.717) is 60.7 Å². The summed E-state index contributed by atoms with van der Waals surface area (Å²) in [5.41, 5.74) is 14.6. The SMILES string of the molecule is Cc1cc(C)n(-c2ccc(C(=O)N[C@@H](CC=O)C(=O)N3CCCCC3)cc2)n1.Cc1cc(C)n(-c2ccc(C(=O)N[C@@H](CCC[C@@H]3C[C@H]3c3ccc(F)cc3)C(=O)N3CCCCC3)cc2)n1.N[C@@H]1C[C@H]1c1ccc(F)cc1. The normalized spacial score (nSPS) is 19.3. The van der Waals surface area contributed by atoms with Gasteiger partial charge in [-0.3, -0.25) is 19.2 Å². The molecule has 2 saturated heterocycles. The molecule has 406 valence electrons. The van der Waals surface area contributed by atoms with Crippen molar-refractivity contribution in [3.63, 3.8) is 0 Å². The lowest BCUT2D eigenvalue weighted by Gasteiger charge is -2.31. The van der Waals surface area contributed by atoms with Gasteiger partial charge in [-0.2, -0.15) is 10.2 Å². The number of carbonyl (C=O) groups is 5. The second-order valence-electron chi connectivity index (χ2n) is 21.1. The zero-order chi connectivity index (χ0) is 54.6. The number of nitrogens with two attached hydrogens (primary N) is 1. The van der Waals surface area contributed by atoms with E-state index >= 15 is 0 Å². The van der Waals surface area contributed by atoms with Crippen LogP contribution in [0.5, 0.6) is 0 Å². The first-order valence-corrected chi connectivity index (χ1v) is 27.3. The number of nitrogens with zero attached hydrogens (tertiary/aromatic N) is 6. The molecule has 0 spiro atoms. The number of rotatable bonds is 16. The highest BCUT2D eigenvalue weighted by Crippen LogP contribution is 2.50. The number of nitrogens with one attached hydrogen (secondary N) is 2. The van der Waals surface area contributed by atoms with Gasteiger partial charge in [-0.1, -0.05) is 30.7 Å². The van der Waals surface area contributed by atoms with Gasteiger partial charge in [-0.05, 0) is 200 Å². The molecule has 0 radical (unpaired) electrons. The number of halogens is 2. The van der Waals surface area contributed by atoms with Crippen molar-refractivity contribution >= 4 is 29.9 Å². The molecule has 4 amide bonds. The molecule has 6 atom stereocenters. The molecule has 2 aromatic heterocycles. The predicted octanol–water partition coefficient (Wildman–Crippen LogP) is 9.54. The van der Waals surface area contributed by atoms with Crippen LogP contribution in [0.1, 0.15) is 144 Å². The molecule has 4 aliphatic rings. The van der Waals surface area contributed by atoms with Gasteiger partial charge < -0.3 is 31.0 Å². The third kappa shape index (κ3) is 15.2. The maximum atomic E-state index is 13.4. The van der Waals surface area contributed by atoms with E-state index in [1.807, 2.05) is 103 Å². The number of benzene rings is 4. The summed E-state index contributed by atoms with van der Waals surface area (Å²) in [5, 5.41) is 14.7. The molecule has 16 heteroatoms. The summed E-state index contributed by atoms with van der Waals surface area (Å²) < 4.78 is 29.4. The minimum absolute atomic E-state index is 0.0229. The highest BCUT2D eigenvalue weighted by Gasteiger charge is 2.38. The summed E-state index contributed by atoms with van der Waals surface area (Å²) in [7, 11) is 0. The molecule has 2 aliphatic heterocycles. The van der Waals surface area contributed by atoms with E-state index in [0.717, 1.165) is 111 Å². The number of likely N-dealkylation sites (tertiary alicyclic amines) is 2. The molecule has 14 nitrogen and oxygen atoms in total. The van der Waals surface area contributed by atoms with Crippen molar-refractivity contribution < 1.29 is 32.8 Å². The minimum Gasteiger partial charge on any atom is -0.341 e. The van der Waals surface area contributed by atoms with Crippen LogP contribution in [0.15, 0.2) is 109 Å². The Hall–Kier alpha value is -7.33.